The Balaban J connectivity index is 2.51. The summed E-state index contributed by atoms with van der Waals surface area (Å²) >= 11 is 0. The van der Waals surface area contributed by atoms with Crippen LogP contribution in [0.5, 0.6) is 0 Å². The van der Waals surface area contributed by atoms with Crippen LogP contribution in [0.2, 0.25) is 0 Å². The minimum atomic E-state index is 0.0726. The molecule has 3 nitrogen and oxygen atoms in total. The lowest BCUT2D eigenvalue weighted by Crippen LogP contribution is -2.02. The van der Waals surface area contributed by atoms with Crippen molar-refractivity contribution in [2.45, 2.75) is 0 Å². The van der Waals surface area contributed by atoms with Crippen LogP contribution in [-0.4, -0.2) is 9.55 Å². The fraction of sp³-hybridized carbons (Fsp3) is 0.0667. The molecule has 0 amide bonds. The topological polar surface area (TPSA) is 34.9 Å². The van der Waals surface area contributed by atoms with E-state index < -0.39 is 0 Å². The van der Waals surface area contributed by atoms with E-state index in [0.29, 0.717) is 0 Å². The fourth-order valence-electron chi connectivity index (χ4n) is 2.70. The molecular formula is C15H10N2O. The van der Waals surface area contributed by atoms with Gasteiger partial charge in [0.25, 0.3) is 0 Å². The van der Waals surface area contributed by atoms with Crippen molar-refractivity contribution in [3.63, 3.8) is 0 Å². The van der Waals surface area contributed by atoms with Crippen molar-refractivity contribution in [3.05, 3.63) is 52.9 Å². The number of hydrogen-bond donors (Lipinski definition) is 0. The Morgan fingerprint density at radius 1 is 1.00 bits per heavy atom. The monoisotopic (exact) mass is 234 g/mol. The van der Waals surface area contributed by atoms with Gasteiger partial charge < -0.3 is 4.57 Å². The Labute approximate surface area is 103 Å². The molecule has 0 aliphatic heterocycles. The van der Waals surface area contributed by atoms with Gasteiger partial charge in [-0.05, 0) is 29.7 Å². The summed E-state index contributed by atoms with van der Waals surface area (Å²) < 4.78 is 1.98. The molecule has 0 saturated heterocycles. The van der Waals surface area contributed by atoms with Crippen molar-refractivity contribution in [3.8, 4) is 0 Å². The highest BCUT2D eigenvalue weighted by Gasteiger charge is 2.11. The maximum atomic E-state index is 11.9. The van der Waals surface area contributed by atoms with Gasteiger partial charge in [-0.25, -0.2) is 4.98 Å². The normalized spacial score (nSPS) is 11.8. The summed E-state index contributed by atoms with van der Waals surface area (Å²) in [6, 6.07) is 11.5. The molecule has 86 valence electrons. The van der Waals surface area contributed by atoms with E-state index in [-0.39, 0.29) is 5.43 Å². The van der Waals surface area contributed by atoms with Crippen molar-refractivity contribution < 1.29 is 0 Å². The molecular weight excluding hydrogens is 224 g/mol. The van der Waals surface area contributed by atoms with Crippen LogP contribution in [-0.2, 0) is 7.05 Å². The molecule has 0 spiro atoms. The molecule has 0 aliphatic carbocycles. The van der Waals surface area contributed by atoms with E-state index in [9.17, 15) is 4.79 Å². The third-order valence-electron chi connectivity index (χ3n) is 3.58. The lowest BCUT2D eigenvalue weighted by molar-refractivity contribution is 0.919. The van der Waals surface area contributed by atoms with E-state index in [4.69, 9.17) is 0 Å². The van der Waals surface area contributed by atoms with Gasteiger partial charge >= 0.3 is 0 Å². The van der Waals surface area contributed by atoms with E-state index in [1.54, 1.807) is 12.4 Å². The largest absolute Gasteiger partial charge is 0.335 e. The molecule has 0 N–H and O–H groups in total. The average Bonchev–Trinajstić information content (AvgIpc) is 2.40. The van der Waals surface area contributed by atoms with Gasteiger partial charge in [-0.2, -0.15) is 0 Å². The van der Waals surface area contributed by atoms with Crippen LogP contribution in [0.3, 0.4) is 0 Å². The van der Waals surface area contributed by atoms with Gasteiger partial charge in [0.2, 0.25) is 0 Å². The van der Waals surface area contributed by atoms with Crippen LogP contribution >= 0.6 is 0 Å². The minimum Gasteiger partial charge on any atom is -0.335 e. The molecule has 1 aromatic heterocycles. The summed E-state index contributed by atoms with van der Waals surface area (Å²) in [5.41, 5.74) is 2.11. The molecule has 4 rings (SSSR count). The smallest absolute Gasteiger partial charge is 0.186 e. The van der Waals surface area contributed by atoms with Crippen LogP contribution in [0.25, 0.3) is 32.6 Å². The molecule has 0 aliphatic rings. The summed E-state index contributed by atoms with van der Waals surface area (Å²) in [7, 11) is 1.97. The third kappa shape index (κ3) is 1.03. The van der Waals surface area contributed by atoms with Crippen LogP contribution < -0.4 is 5.43 Å². The van der Waals surface area contributed by atoms with E-state index in [1.807, 2.05) is 29.8 Å². The molecule has 0 unspecified atom stereocenters. The van der Waals surface area contributed by atoms with Gasteiger partial charge in [0.1, 0.15) is 0 Å². The molecule has 0 fully saturated rings. The third-order valence-corrected chi connectivity index (χ3v) is 3.58. The number of hydrogen-bond acceptors (Lipinski definition) is 2. The SMILES string of the molecule is Cn1cnc2ccc3c(=O)ccc4ccc1c2c43. The quantitative estimate of drug-likeness (QED) is 0.438. The Hall–Kier alpha value is -2.42. The molecule has 0 saturated carbocycles. The predicted molar refractivity (Wildman–Crippen MR) is 73.2 cm³/mol. The molecule has 3 heteroatoms. The standard InChI is InChI=1S/C15H10N2O/c1-17-8-16-11-5-4-10-13(18)7-3-9-2-6-12(17)15(11)14(9)10/h2-8H,1H3. The Morgan fingerprint density at radius 3 is 2.72 bits per heavy atom. The molecule has 0 radical (unpaired) electrons. The zero-order chi connectivity index (χ0) is 12.3. The molecule has 3 aromatic carbocycles. The van der Waals surface area contributed by atoms with Crippen molar-refractivity contribution in [1.82, 2.24) is 9.55 Å². The summed E-state index contributed by atoms with van der Waals surface area (Å²) in [5.74, 6) is 0. The van der Waals surface area contributed by atoms with E-state index in [2.05, 4.69) is 17.1 Å². The summed E-state index contributed by atoms with van der Waals surface area (Å²) in [6.45, 7) is 0. The highest BCUT2D eigenvalue weighted by Crippen LogP contribution is 2.31. The second-order valence-corrected chi connectivity index (χ2v) is 4.61. The van der Waals surface area contributed by atoms with Gasteiger partial charge in [-0.1, -0.05) is 12.1 Å². The highest BCUT2D eigenvalue weighted by molar-refractivity contribution is 6.21. The number of aromatic nitrogens is 2. The van der Waals surface area contributed by atoms with Gasteiger partial charge in [0.05, 0.1) is 17.4 Å². The van der Waals surface area contributed by atoms with Crippen molar-refractivity contribution in [1.29, 1.82) is 0 Å². The first kappa shape index (κ1) is 9.59. The first-order valence-electron chi connectivity index (χ1n) is 5.85. The molecule has 0 atom stereocenters. The first-order chi connectivity index (χ1) is 8.75. The van der Waals surface area contributed by atoms with Gasteiger partial charge in [0.15, 0.2) is 5.43 Å². The van der Waals surface area contributed by atoms with Crippen LogP contribution in [0, 0.1) is 0 Å². The molecule has 0 bridgehead atoms. The second-order valence-electron chi connectivity index (χ2n) is 4.61. The van der Waals surface area contributed by atoms with Crippen LogP contribution in [0.1, 0.15) is 0 Å². The van der Waals surface area contributed by atoms with Crippen LogP contribution in [0.15, 0.2) is 47.5 Å². The zero-order valence-electron chi connectivity index (χ0n) is 9.84. The van der Waals surface area contributed by atoms with Crippen molar-refractivity contribution in [2.75, 3.05) is 0 Å². The summed E-state index contributed by atoms with van der Waals surface area (Å²) in [5, 5.41) is 3.98. The van der Waals surface area contributed by atoms with E-state index in [0.717, 1.165) is 32.6 Å². The Morgan fingerprint density at radius 2 is 1.83 bits per heavy atom. The predicted octanol–water partition coefficient (Wildman–Crippen LogP) is 2.68. The number of benzene rings is 3. The van der Waals surface area contributed by atoms with Crippen molar-refractivity contribution in [2.24, 2.45) is 7.05 Å². The fourth-order valence-corrected chi connectivity index (χ4v) is 2.70. The second kappa shape index (κ2) is 3.07. The van der Waals surface area contributed by atoms with Crippen LogP contribution in [0.4, 0.5) is 0 Å². The molecule has 1 heterocycles. The number of rotatable bonds is 0. The summed E-state index contributed by atoms with van der Waals surface area (Å²) in [6.07, 6.45) is 1.81. The molecule has 4 aromatic rings. The van der Waals surface area contributed by atoms with Gasteiger partial charge in [-0.15, -0.1) is 0 Å². The maximum Gasteiger partial charge on any atom is 0.186 e. The van der Waals surface area contributed by atoms with Gasteiger partial charge in [-0.3, -0.25) is 4.79 Å². The maximum absolute atomic E-state index is 11.9. The number of aryl methyl sites for hydroxylation is 1. The van der Waals surface area contributed by atoms with E-state index in [1.165, 1.54) is 0 Å². The van der Waals surface area contributed by atoms with E-state index >= 15 is 0 Å². The first-order valence-corrected chi connectivity index (χ1v) is 5.85. The lowest BCUT2D eigenvalue weighted by atomic mass is 9.98. The minimum absolute atomic E-state index is 0.0726. The number of nitrogens with zero attached hydrogens (tertiary/aromatic N) is 2. The average molecular weight is 234 g/mol. The zero-order valence-corrected chi connectivity index (χ0v) is 9.84. The Bertz CT molecular complexity index is 953. The summed E-state index contributed by atoms with van der Waals surface area (Å²) in [4.78, 5) is 16.4. The van der Waals surface area contributed by atoms with Gasteiger partial charge in [0, 0.05) is 23.2 Å². The lowest BCUT2D eigenvalue weighted by Gasteiger charge is -2.11. The molecule has 18 heavy (non-hydrogen) atoms. The Kier molecular flexibility index (Phi) is 1.64. The van der Waals surface area contributed by atoms with Crippen molar-refractivity contribution >= 4 is 32.6 Å². The highest BCUT2D eigenvalue weighted by atomic mass is 16.1.